The lowest BCUT2D eigenvalue weighted by atomic mass is 10.0. The first-order chi connectivity index (χ1) is 16.5. The zero-order valence-corrected chi connectivity index (χ0v) is 16.7. The van der Waals surface area contributed by atoms with Crippen molar-refractivity contribution in [3.63, 3.8) is 0 Å². The van der Waals surface area contributed by atoms with E-state index in [0.29, 0.717) is 0 Å². The van der Waals surface area contributed by atoms with Gasteiger partial charge in [0.2, 0.25) is 11.6 Å². The molecule has 0 amide bonds. The third kappa shape index (κ3) is 6.39. The second-order valence-corrected chi connectivity index (χ2v) is 6.59. The minimum Gasteiger partial charge on any atom is -0.292 e. The normalized spacial score (nSPS) is 18.4. The number of carbonyl (C=O) groups is 2. The number of rotatable bonds is 10. The van der Waals surface area contributed by atoms with E-state index in [4.69, 9.17) is 0 Å². The van der Waals surface area contributed by atoms with Crippen molar-refractivity contribution >= 4 is 11.6 Å². The molecule has 0 unspecified atom stereocenters. The molecule has 0 aliphatic heterocycles. The van der Waals surface area contributed by atoms with E-state index in [1.807, 2.05) is 0 Å². The van der Waals surface area contributed by atoms with Crippen molar-refractivity contribution < 1.29 is 116 Å². The maximum absolute atomic E-state index is 13.9. The summed E-state index contributed by atoms with van der Waals surface area (Å²) in [6.07, 6.45) is -50.6. The van der Waals surface area contributed by atoms with Crippen LogP contribution >= 0.6 is 0 Å². The Morgan fingerprint density at radius 1 is 0.385 bits per heavy atom. The van der Waals surface area contributed by atoms with E-state index in [-0.39, 0.29) is 0 Å². The van der Waals surface area contributed by atoms with Crippen LogP contribution in [0.2, 0.25) is 0 Å². The van der Waals surface area contributed by atoms with Gasteiger partial charge in [-0.15, -0.1) is 0 Å². The SMILES string of the molecule is O=C(CC(=O)[C@@](F)(OC(F)(F)C(F)(F)C(F)(F)F)C(F)(F)F)[C@](F)(OC(F)(F)C(F)(F)C(F)(F)F)C(F)(F)F. The summed E-state index contributed by atoms with van der Waals surface area (Å²) in [5.41, 5.74) is 0. The molecule has 0 N–H and O–H groups in total. The van der Waals surface area contributed by atoms with Crippen molar-refractivity contribution in [2.24, 2.45) is 0 Å². The average Bonchev–Trinajstić information content (AvgIpc) is 2.62. The molecular weight excluding hydrogens is 638 g/mol. The van der Waals surface area contributed by atoms with Gasteiger partial charge >= 0.3 is 60.5 Å². The fraction of sp³-hybridized carbons (Fsp3) is 0.846. The second-order valence-electron chi connectivity index (χ2n) is 6.59. The summed E-state index contributed by atoms with van der Waals surface area (Å²) in [6.45, 7) is 0. The lowest BCUT2D eigenvalue weighted by Crippen LogP contribution is -2.63. The van der Waals surface area contributed by atoms with Crippen LogP contribution in [-0.2, 0) is 19.1 Å². The summed E-state index contributed by atoms with van der Waals surface area (Å²) in [6, 6.07) is 0. The van der Waals surface area contributed by atoms with Crippen LogP contribution in [0, 0.1) is 0 Å². The Hall–Kier alpha value is -2.28. The number of halogens is 22. The van der Waals surface area contributed by atoms with E-state index in [1.54, 1.807) is 0 Å². The number of alkyl halides is 22. The van der Waals surface area contributed by atoms with Crippen molar-refractivity contribution in [2.75, 3.05) is 0 Å². The Morgan fingerprint density at radius 3 is 0.744 bits per heavy atom. The topological polar surface area (TPSA) is 52.6 Å². The zero-order valence-electron chi connectivity index (χ0n) is 16.7. The third-order valence-corrected chi connectivity index (χ3v) is 3.75. The van der Waals surface area contributed by atoms with Crippen LogP contribution in [0.15, 0.2) is 0 Å². The first-order valence-corrected chi connectivity index (χ1v) is 8.09. The lowest BCUT2D eigenvalue weighted by molar-refractivity contribution is -0.474. The van der Waals surface area contributed by atoms with Gasteiger partial charge in [-0.05, 0) is 0 Å². The van der Waals surface area contributed by atoms with Crippen LogP contribution in [0.25, 0.3) is 0 Å². The van der Waals surface area contributed by atoms with Gasteiger partial charge in [0.1, 0.15) is 0 Å². The Balaban J connectivity index is 6.69. The molecule has 0 aromatic heterocycles. The highest BCUT2D eigenvalue weighted by Gasteiger charge is 2.81. The molecule has 0 fully saturated rings. The molecule has 0 heterocycles. The molecular formula is C13H2F22O4. The largest absolute Gasteiger partial charge is 0.462 e. The van der Waals surface area contributed by atoms with Gasteiger partial charge < -0.3 is 0 Å². The lowest BCUT2D eigenvalue weighted by Gasteiger charge is -2.35. The standard InChI is InChI=1S/C13H2F22O4/c14-4(8(20,21)22,38-12(32,33)6(16,17)10(26,27)28)2(36)1-3(37)5(15,9(23,24)25)39-13(34,35)7(18,19)11(29,30)31/h1H2/t4-,5+. The van der Waals surface area contributed by atoms with E-state index in [2.05, 4.69) is 0 Å². The molecule has 0 aliphatic rings. The summed E-state index contributed by atoms with van der Waals surface area (Å²) in [5.74, 6) is -39.8. The Bertz CT molecular complexity index is 850. The van der Waals surface area contributed by atoms with Gasteiger partial charge in [-0.1, -0.05) is 0 Å². The average molecular weight is 640 g/mol. The fourth-order valence-corrected chi connectivity index (χ4v) is 1.73. The number of hydrogen-bond acceptors (Lipinski definition) is 4. The van der Waals surface area contributed by atoms with Crippen LogP contribution in [0.4, 0.5) is 96.6 Å². The fourth-order valence-electron chi connectivity index (χ4n) is 1.73. The number of Topliss-reactive ketones (excluding diaryl/α,β-unsaturated/α-hetero) is 2. The van der Waals surface area contributed by atoms with Crippen LogP contribution in [0.5, 0.6) is 0 Å². The van der Waals surface area contributed by atoms with Gasteiger partial charge in [0.25, 0.3) is 0 Å². The van der Waals surface area contributed by atoms with E-state index in [0.717, 1.165) is 0 Å². The van der Waals surface area contributed by atoms with Gasteiger partial charge in [0.05, 0.1) is 6.42 Å². The predicted octanol–water partition coefficient (Wildman–Crippen LogP) is 6.58. The van der Waals surface area contributed by atoms with E-state index in [1.165, 1.54) is 9.47 Å². The van der Waals surface area contributed by atoms with Crippen LogP contribution in [0.3, 0.4) is 0 Å². The van der Waals surface area contributed by atoms with Crippen molar-refractivity contribution in [3.05, 3.63) is 0 Å². The monoisotopic (exact) mass is 640 g/mol. The summed E-state index contributed by atoms with van der Waals surface area (Å²) in [7, 11) is 0. The maximum atomic E-state index is 13.9. The Labute approximate surface area is 195 Å². The summed E-state index contributed by atoms with van der Waals surface area (Å²) in [4.78, 5) is 22.5. The number of ether oxygens (including phenoxy) is 2. The molecule has 39 heavy (non-hydrogen) atoms. The maximum Gasteiger partial charge on any atom is 0.462 e. The van der Waals surface area contributed by atoms with Crippen LogP contribution in [0.1, 0.15) is 6.42 Å². The van der Waals surface area contributed by atoms with Gasteiger partial charge in [0, 0.05) is 0 Å². The molecule has 0 saturated heterocycles. The van der Waals surface area contributed by atoms with Gasteiger partial charge in [-0.3, -0.25) is 19.1 Å². The number of hydrogen-bond donors (Lipinski definition) is 0. The summed E-state index contributed by atoms with van der Waals surface area (Å²) < 4.78 is 282. The van der Waals surface area contributed by atoms with Gasteiger partial charge in [0.15, 0.2) is 0 Å². The molecule has 2 atom stereocenters. The molecule has 0 rings (SSSR count). The predicted molar refractivity (Wildman–Crippen MR) is 68.5 cm³/mol. The smallest absolute Gasteiger partial charge is 0.292 e. The van der Waals surface area contributed by atoms with E-state index in [9.17, 15) is 106 Å². The van der Waals surface area contributed by atoms with E-state index >= 15 is 0 Å². The molecule has 0 aromatic rings. The molecule has 0 bridgehead atoms. The van der Waals surface area contributed by atoms with Crippen LogP contribution in [-0.4, -0.2) is 72.0 Å². The number of carbonyl (C=O) groups excluding carboxylic acids is 2. The Kier molecular flexibility index (Phi) is 9.11. The van der Waals surface area contributed by atoms with Crippen molar-refractivity contribution in [2.45, 2.75) is 66.9 Å². The van der Waals surface area contributed by atoms with Gasteiger partial charge in [-0.25, -0.2) is 0 Å². The first kappa shape index (κ1) is 36.7. The van der Waals surface area contributed by atoms with Crippen molar-refractivity contribution in [3.8, 4) is 0 Å². The minimum atomic E-state index is -7.88. The third-order valence-electron chi connectivity index (χ3n) is 3.75. The van der Waals surface area contributed by atoms with Gasteiger partial charge in [-0.2, -0.15) is 96.6 Å². The zero-order chi connectivity index (χ0) is 32.3. The quantitative estimate of drug-likeness (QED) is 0.200. The number of ketones is 2. The summed E-state index contributed by atoms with van der Waals surface area (Å²) >= 11 is 0. The molecule has 4 nitrogen and oxygen atoms in total. The Morgan fingerprint density at radius 2 is 0.590 bits per heavy atom. The van der Waals surface area contributed by atoms with Crippen molar-refractivity contribution in [1.29, 1.82) is 0 Å². The molecule has 26 heteroatoms. The molecule has 0 aromatic carbocycles. The highest BCUT2D eigenvalue weighted by Crippen LogP contribution is 2.53. The molecule has 232 valence electrons. The molecule has 0 spiro atoms. The molecule has 0 saturated carbocycles. The summed E-state index contributed by atoms with van der Waals surface area (Å²) in [5, 5.41) is 0. The highest BCUT2D eigenvalue weighted by molar-refractivity contribution is 6.05. The van der Waals surface area contributed by atoms with Crippen LogP contribution < -0.4 is 0 Å². The molecule has 0 radical (unpaired) electrons. The second kappa shape index (κ2) is 9.67. The van der Waals surface area contributed by atoms with Crippen molar-refractivity contribution in [1.82, 2.24) is 0 Å². The van der Waals surface area contributed by atoms with E-state index < -0.39 is 78.5 Å². The highest BCUT2D eigenvalue weighted by atomic mass is 19.4. The minimum absolute atomic E-state index is 1.48. The first-order valence-electron chi connectivity index (χ1n) is 8.09. The molecule has 0 aliphatic carbocycles.